The number of hydrogen-bond donors (Lipinski definition) is 6. The van der Waals surface area contributed by atoms with Gasteiger partial charge in [0, 0.05) is 6.54 Å². The molecule has 5 atom stereocenters. The SMILES string of the molecule is NCC1O[C@@H](NO)C(O)C(O)C1O. The maximum Gasteiger partial charge on any atom is 0.158 e. The summed E-state index contributed by atoms with van der Waals surface area (Å²) in [5.74, 6) is 0. The first-order chi connectivity index (χ1) is 6.11. The Morgan fingerprint density at radius 3 is 2.23 bits per heavy atom. The summed E-state index contributed by atoms with van der Waals surface area (Å²) < 4.78 is 4.93. The van der Waals surface area contributed by atoms with Crippen LogP contribution in [-0.4, -0.2) is 57.7 Å². The van der Waals surface area contributed by atoms with Crippen LogP contribution in [0.4, 0.5) is 0 Å². The molecule has 4 unspecified atom stereocenters. The van der Waals surface area contributed by atoms with Gasteiger partial charge in [0.05, 0.1) is 0 Å². The lowest BCUT2D eigenvalue weighted by Crippen LogP contribution is -2.62. The van der Waals surface area contributed by atoms with Gasteiger partial charge in [-0.05, 0) is 0 Å². The third kappa shape index (κ3) is 1.97. The minimum Gasteiger partial charge on any atom is -0.388 e. The Morgan fingerprint density at radius 2 is 1.77 bits per heavy atom. The van der Waals surface area contributed by atoms with E-state index in [0.29, 0.717) is 0 Å². The van der Waals surface area contributed by atoms with Crippen molar-refractivity contribution in [2.24, 2.45) is 5.73 Å². The maximum atomic E-state index is 9.30. The van der Waals surface area contributed by atoms with Crippen LogP contribution in [0.15, 0.2) is 0 Å². The van der Waals surface area contributed by atoms with Crippen molar-refractivity contribution >= 4 is 0 Å². The summed E-state index contributed by atoms with van der Waals surface area (Å²) in [4.78, 5) is 0. The van der Waals surface area contributed by atoms with E-state index in [4.69, 9.17) is 15.7 Å². The zero-order valence-corrected chi connectivity index (χ0v) is 6.87. The lowest BCUT2D eigenvalue weighted by molar-refractivity contribution is -0.246. The van der Waals surface area contributed by atoms with Crippen LogP contribution in [0.2, 0.25) is 0 Å². The van der Waals surface area contributed by atoms with Crippen LogP contribution in [0.3, 0.4) is 0 Å². The standard InChI is InChI=1S/C6H14N2O5/c7-1-2-3(9)4(10)5(11)6(8-12)13-2/h2-6,8-12H,1,7H2/t2?,3?,4?,5?,6-/m1/s1. The van der Waals surface area contributed by atoms with Crippen LogP contribution in [0.1, 0.15) is 0 Å². The normalized spacial score (nSPS) is 46.4. The Balaban J connectivity index is 2.66. The highest BCUT2D eigenvalue weighted by Crippen LogP contribution is 2.18. The summed E-state index contributed by atoms with van der Waals surface area (Å²) >= 11 is 0. The van der Waals surface area contributed by atoms with Gasteiger partial charge >= 0.3 is 0 Å². The van der Waals surface area contributed by atoms with E-state index in [1.165, 1.54) is 0 Å². The molecule has 0 saturated carbocycles. The molecule has 13 heavy (non-hydrogen) atoms. The van der Waals surface area contributed by atoms with Gasteiger partial charge < -0.3 is 31.0 Å². The Kier molecular flexibility index (Phi) is 3.56. The molecule has 0 aromatic rings. The molecule has 0 aliphatic carbocycles. The minimum atomic E-state index is -1.39. The molecule has 1 fully saturated rings. The predicted molar refractivity (Wildman–Crippen MR) is 40.7 cm³/mol. The van der Waals surface area contributed by atoms with E-state index in [2.05, 4.69) is 0 Å². The van der Waals surface area contributed by atoms with Crippen molar-refractivity contribution in [1.82, 2.24) is 5.48 Å². The quantitative estimate of drug-likeness (QED) is 0.254. The summed E-state index contributed by atoms with van der Waals surface area (Å²) in [7, 11) is 0. The second-order valence-electron chi connectivity index (χ2n) is 2.93. The van der Waals surface area contributed by atoms with Gasteiger partial charge in [0.1, 0.15) is 24.4 Å². The van der Waals surface area contributed by atoms with E-state index >= 15 is 0 Å². The molecular formula is C6H14N2O5. The van der Waals surface area contributed by atoms with Crippen molar-refractivity contribution < 1.29 is 25.3 Å². The topological polar surface area (TPSA) is 128 Å². The summed E-state index contributed by atoms with van der Waals surface area (Å²) in [6.07, 6.45) is -5.95. The van der Waals surface area contributed by atoms with Gasteiger partial charge in [-0.25, -0.2) is 0 Å². The fraction of sp³-hybridized carbons (Fsp3) is 1.00. The first-order valence-electron chi connectivity index (χ1n) is 3.91. The molecule has 0 bridgehead atoms. The van der Waals surface area contributed by atoms with Crippen molar-refractivity contribution in [3.63, 3.8) is 0 Å². The average molecular weight is 194 g/mol. The fourth-order valence-corrected chi connectivity index (χ4v) is 1.25. The van der Waals surface area contributed by atoms with E-state index in [1.54, 1.807) is 5.48 Å². The molecule has 1 aliphatic rings. The zero-order chi connectivity index (χ0) is 10.0. The zero-order valence-electron chi connectivity index (χ0n) is 6.87. The number of aliphatic hydroxyl groups excluding tert-OH is 3. The smallest absolute Gasteiger partial charge is 0.158 e. The molecule has 1 saturated heterocycles. The van der Waals surface area contributed by atoms with Crippen LogP contribution >= 0.6 is 0 Å². The molecule has 0 aromatic carbocycles. The number of rotatable bonds is 2. The van der Waals surface area contributed by atoms with Crippen LogP contribution in [-0.2, 0) is 4.74 Å². The monoisotopic (exact) mass is 194 g/mol. The Bertz CT molecular complexity index is 149. The summed E-state index contributed by atoms with van der Waals surface area (Å²) in [6.45, 7) is -0.0108. The third-order valence-electron chi connectivity index (χ3n) is 2.07. The molecule has 0 spiro atoms. The van der Waals surface area contributed by atoms with Crippen molar-refractivity contribution in [2.45, 2.75) is 30.6 Å². The molecule has 1 rings (SSSR count). The highest BCUT2D eigenvalue weighted by Gasteiger charge is 2.42. The molecule has 1 heterocycles. The largest absolute Gasteiger partial charge is 0.388 e. The molecule has 7 heteroatoms. The van der Waals surface area contributed by atoms with E-state index < -0.39 is 30.6 Å². The number of aliphatic hydroxyl groups is 3. The van der Waals surface area contributed by atoms with Gasteiger partial charge in [-0.15, -0.1) is 0 Å². The molecule has 1 aliphatic heterocycles. The van der Waals surface area contributed by atoms with Crippen molar-refractivity contribution in [2.75, 3.05) is 6.54 Å². The number of hydrogen-bond acceptors (Lipinski definition) is 7. The van der Waals surface area contributed by atoms with Crippen LogP contribution < -0.4 is 11.2 Å². The van der Waals surface area contributed by atoms with Gasteiger partial charge in [-0.2, -0.15) is 5.48 Å². The van der Waals surface area contributed by atoms with Crippen molar-refractivity contribution in [3.8, 4) is 0 Å². The Hall–Kier alpha value is -0.280. The van der Waals surface area contributed by atoms with E-state index in [-0.39, 0.29) is 6.54 Å². The van der Waals surface area contributed by atoms with Crippen LogP contribution in [0.25, 0.3) is 0 Å². The Labute approximate surface area is 74.7 Å². The number of hydroxylamine groups is 1. The van der Waals surface area contributed by atoms with Gasteiger partial charge in [-0.3, -0.25) is 0 Å². The molecule has 0 radical (unpaired) electrons. The molecular weight excluding hydrogens is 180 g/mol. The number of nitrogens with two attached hydrogens (primary N) is 1. The fourth-order valence-electron chi connectivity index (χ4n) is 1.25. The van der Waals surface area contributed by atoms with E-state index in [1.807, 2.05) is 0 Å². The highest BCUT2D eigenvalue weighted by molar-refractivity contribution is 4.90. The molecule has 0 amide bonds. The van der Waals surface area contributed by atoms with Gasteiger partial charge in [0.15, 0.2) is 6.23 Å². The molecule has 78 valence electrons. The van der Waals surface area contributed by atoms with E-state index in [0.717, 1.165) is 0 Å². The lowest BCUT2D eigenvalue weighted by atomic mass is 9.98. The number of ether oxygens (including phenoxy) is 1. The average Bonchev–Trinajstić information content (AvgIpc) is 2.15. The number of nitrogens with one attached hydrogen (secondary N) is 1. The second-order valence-corrected chi connectivity index (χ2v) is 2.93. The Morgan fingerprint density at radius 1 is 1.15 bits per heavy atom. The summed E-state index contributed by atoms with van der Waals surface area (Å²) in [5, 5.41) is 36.3. The van der Waals surface area contributed by atoms with Gasteiger partial charge in [0.25, 0.3) is 0 Å². The van der Waals surface area contributed by atoms with Crippen molar-refractivity contribution in [1.29, 1.82) is 0 Å². The van der Waals surface area contributed by atoms with Gasteiger partial charge in [0.2, 0.25) is 0 Å². The molecule has 0 aromatic heterocycles. The first-order valence-corrected chi connectivity index (χ1v) is 3.91. The van der Waals surface area contributed by atoms with Crippen LogP contribution in [0.5, 0.6) is 0 Å². The third-order valence-corrected chi connectivity index (χ3v) is 2.07. The predicted octanol–water partition coefficient (Wildman–Crippen LogP) is -3.27. The van der Waals surface area contributed by atoms with Crippen molar-refractivity contribution in [3.05, 3.63) is 0 Å². The second kappa shape index (κ2) is 4.29. The highest BCUT2D eigenvalue weighted by atomic mass is 16.6. The molecule has 7 N–H and O–H groups in total. The summed E-state index contributed by atoms with van der Waals surface area (Å²) in [5.41, 5.74) is 6.90. The summed E-state index contributed by atoms with van der Waals surface area (Å²) in [6, 6.07) is 0. The minimum absolute atomic E-state index is 0.0108. The first kappa shape index (κ1) is 10.8. The molecule has 7 nitrogen and oxygen atoms in total. The van der Waals surface area contributed by atoms with Gasteiger partial charge in [-0.1, -0.05) is 0 Å². The lowest BCUT2D eigenvalue weighted by Gasteiger charge is -2.39. The maximum absolute atomic E-state index is 9.30. The van der Waals surface area contributed by atoms with Crippen LogP contribution in [0, 0.1) is 0 Å². The van der Waals surface area contributed by atoms with E-state index in [9.17, 15) is 15.3 Å².